The van der Waals surface area contributed by atoms with Crippen molar-refractivity contribution in [2.45, 2.75) is 11.5 Å². The van der Waals surface area contributed by atoms with Gasteiger partial charge in [-0.1, -0.05) is 30.3 Å². The van der Waals surface area contributed by atoms with Gasteiger partial charge in [0.25, 0.3) is 10.0 Å². The number of hydrogen-bond acceptors (Lipinski definition) is 5. The second kappa shape index (κ2) is 8.57. The molecule has 3 rings (SSSR count). The third kappa shape index (κ3) is 5.20. The summed E-state index contributed by atoms with van der Waals surface area (Å²) < 4.78 is 32.5. The zero-order valence-corrected chi connectivity index (χ0v) is 16.1. The van der Waals surface area contributed by atoms with Gasteiger partial charge in [0, 0.05) is 11.3 Å². The molecule has 3 N–H and O–H groups in total. The number of carbonyl (C=O) groups is 2. The van der Waals surface area contributed by atoms with Crippen LogP contribution < -0.4 is 10.5 Å². The predicted octanol–water partition coefficient (Wildman–Crippen LogP) is 2.94. The lowest BCUT2D eigenvalue weighted by atomic mass is 10.1. The second-order valence-corrected chi connectivity index (χ2v) is 7.82. The Morgan fingerprint density at radius 2 is 1.55 bits per heavy atom. The summed E-state index contributed by atoms with van der Waals surface area (Å²) in [5, 5.41) is 0. The Morgan fingerprint density at radius 3 is 2.21 bits per heavy atom. The predicted molar refractivity (Wildman–Crippen MR) is 108 cm³/mol. The first-order chi connectivity index (χ1) is 13.8. The fraction of sp³-hybridized carbons (Fsp3) is 0.0476. The van der Waals surface area contributed by atoms with Crippen LogP contribution in [0.1, 0.15) is 26.3 Å². The van der Waals surface area contributed by atoms with Crippen molar-refractivity contribution in [3.8, 4) is 0 Å². The number of carbonyl (C=O) groups excluding carboxylic acids is 2. The third-order valence-corrected chi connectivity index (χ3v) is 5.40. The second-order valence-electron chi connectivity index (χ2n) is 6.14. The molecule has 0 bridgehead atoms. The van der Waals surface area contributed by atoms with Crippen LogP contribution in [0, 0.1) is 0 Å². The minimum absolute atomic E-state index is 0.0204. The number of nitrogens with one attached hydrogen (secondary N) is 1. The fourth-order valence-corrected chi connectivity index (χ4v) is 3.60. The molecular weight excluding hydrogens is 392 g/mol. The molecule has 0 saturated heterocycles. The zero-order chi connectivity index (χ0) is 20.9. The molecule has 0 aromatic heterocycles. The number of nitrogens with two attached hydrogens (primary N) is 1. The van der Waals surface area contributed by atoms with E-state index in [2.05, 4.69) is 4.72 Å². The lowest BCUT2D eigenvalue weighted by Crippen LogP contribution is -2.13. The number of hydrogen-bond donors (Lipinski definition) is 2. The molecule has 0 saturated carbocycles. The summed E-state index contributed by atoms with van der Waals surface area (Å²) in [5.41, 5.74) is 6.80. The van der Waals surface area contributed by atoms with E-state index in [0.29, 0.717) is 16.8 Å². The average Bonchev–Trinajstić information content (AvgIpc) is 2.72. The van der Waals surface area contributed by atoms with Gasteiger partial charge < -0.3 is 10.5 Å². The highest BCUT2D eigenvalue weighted by Gasteiger charge is 2.16. The van der Waals surface area contributed by atoms with Gasteiger partial charge in [0.05, 0.1) is 10.5 Å². The van der Waals surface area contributed by atoms with Gasteiger partial charge in [-0.2, -0.15) is 0 Å². The van der Waals surface area contributed by atoms with Crippen molar-refractivity contribution < 1.29 is 22.7 Å². The molecule has 0 aliphatic carbocycles. The van der Waals surface area contributed by atoms with E-state index in [4.69, 9.17) is 10.5 Å². The Balaban J connectivity index is 1.65. The SMILES string of the molecule is NC(=O)c1cccc(COC(=O)c2ccc(S(=O)(=O)Nc3ccccc3)cc2)c1. The molecule has 1 amide bonds. The molecule has 0 unspecified atom stereocenters. The van der Waals surface area contributed by atoms with Crippen molar-refractivity contribution in [3.05, 3.63) is 95.6 Å². The van der Waals surface area contributed by atoms with Crippen LogP contribution in [-0.4, -0.2) is 20.3 Å². The lowest BCUT2D eigenvalue weighted by Gasteiger charge is -2.09. The Labute approximate surface area is 168 Å². The van der Waals surface area contributed by atoms with Gasteiger partial charge in [0.15, 0.2) is 0 Å². The number of amides is 1. The Kier molecular flexibility index (Phi) is 5.94. The first kappa shape index (κ1) is 20.1. The highest BCUT2D eigenvalue weighted by atomic mass is 32.2. The summed E-state index contributed by atoms with van der Waals surface area (Å²) in [7, 11) is -3.77. The number of rotatable bonds is 7. The summed E-state index contributed by atoms with van der Waals surface area (Å²) in [6.07, 6.45) is 0. The van der Waals surface area contributed by atoms with Gasteiger partial charge in [-0.05, 0) is 54.1 Å². The van der Waals surface area contributed by atoms with E-state index in [1.165, 1.54) is 24.3 Å². The van der Waals surface area contributed by atoms with Gasteiger partial charge in [-0.15, -0.1) is 0 Å². The van der Waals surface area contributed by atoms with Crippen LogP contribution in [0.25, 0.3) is 0 Å². The van der Waals surface area contributed by atoms with Gasteiger partial charge in [0.1, 0.15) is 6.61 Å². The smallest absolute Gasteiger partial charge is 0.338 e. The van der Waals surface area contributed by atoms with Crippen LogP contribution in [0.3, 0.4) is 0 Å². The van der Waals surface area contributed by atoms with Crippen LogP contribution >= 0.6 is 0 Å². The molecular formula is C21H18N2O5S. The zero-order valence-electron chi connectivity index (χ0n) is 15.2. The standard InChI is InChI=1S/C21H18N2O5S/c22-20(24)17-6-4-5-15(13-17)14-28-21(25)16-9-11-19(12-10-16)29(26,27)23-18-7-2-1-3-8-18/h1-13,23H,14H2,(H2,22,24). The summed E-state index contributed by atoms with van der Waals surface area (Å²) >= 11 is 0. The molecule has 7 nitrogen and oxygen atoms in total. The Morgan fingerprint density at radius 1 is 0.862 bits per heavy atom. The van der Waals surface area contributed by atoms with Crippen molar-refractivity contribution in [1.29, 1.82) is 0 Å². The highest BCUT2D eigenvalue weighted by Crippen LogP contribution is 2.17. The Hall–Kier alpha value is -3.65. The molecule has 0 fully saturated rings. The number of sulfonamides is 1. The number of para-hydroxylation sites is 1. The highest BCUT2D eigenvalue weighted by molar-refractivity contribution is 7.92. The average molecular weight is 410 g/mol. The minimum atomic E-state index is -3.77. The van der Waals surface area contributed by atoms with E-state index in [-0.39, 0.29) is 17.1 Å². The summed E-state index contributed by atoms with van der Waals surface area (Å²) in [6, 6.07) is 20.3. The molecule has 0 spiro atoms. The van der Waals surface area contributed by atoms with E-state index in [9.17, 15) is 18.0 Å². The summed E-state index contributed by atoms with van der Waals surface area (Å²) in [4.78, 5) is 23.4. The van der Waals surface area contributed by atoms with Crippen molar-refractivity contribution >= 4 is 27.6 Å². The third-order valence-electron chi connectivity index (χ3n) is 4.01. The maximum Gasteiger partial charge on any atom is 0.338 e. The van der Waals surface area contributed by atoms with Gasteiger partial charge >= 0.3 is 5.97 Å². The minimum Gasteiger partial charge on any atom is -0.457 e. The first-order valence-electron chi connectivity index (χ1n) is 8.59. The van der Waals surface area contributed by atoms with Crippen LogP contribution in [0.2, 0.25) is 0 Å². The van der Waals surface area contributed by atoms with Crippen molar-refractivity contribution in [2.24, 2.45) is 5.73 Å². The molecule has 0 radical (unpaired) electrons. The van der Waals surface area contributed by atoms with Gasteiger partial charge in [0.2, 0.25) is 5.91 Å². The summed E-state index contributed by atoms with van der Waals surface area (Å²) in [5.74, 6) is -1.19. The molecule has 3 aromatic rings. The molecule has 3 aromatic carbocycles. The van der Waals surface area contributed by atoms with E-state index in [1.807, 2.05) is 0 Å². The lowest BCUT2D eigenvalue weighted by molar-refractivity contribution is 0.0472. The van der Waals surface area contributed by atoms with E-state index >= 15 is 0 Å². The normalized spacial score (nSPS) is 10.9. The molecule has 0 aliphatic heterocycles. The Bertz CT molecular complexity index is 1130. The molecule has 0 heterocycles. The van der Waals surface area contributed by atoms with Crippen molar-refractivity contribution in [1.82, 2.24) is 0 Å². The van der Waals surface area contributed by atoms with Crippen LogP contribution in [0.4, 0.5) is 5.69 Å². The largest absolute Gasteiger partial charge is 0.457 e. The number of ether oxygens (including phenoxy) is 1. The molecule has 0 aliphatic rings. The van der Waals surface area contributed by atoms with E-state index < -0.39 is 21.9 Å². The number of primary amides is 1. The van der Waals surface area contributed by atoms with Gasteiger partial charge in [-0.25, -0.2) is 13.2 Å². The van der Waals surface area contributed by atoms with Crippen molar-refractivity contribution in [3.63, 3.8) is 0 Å². The van der Waals surface area contributed by atoms with Gasteiger partial charge in [-0.3, -0.25) is 9.52 Å². The van der Waals surface area contributed by atoms with Crippen LogP contribution in [0.5, 0.6) is 0 Å². The molecule has 0 atom stereocenters. The van der Waals surface area contributed by atoms with E-state index in [0.717, 1.165) is 0 Å². The maximum absolute atomic E-state index is 12.4. The maximum atomic E-state index is 12.4. The van der Waals surface area contributed by atoms with Crippen LogP contribution in [-0.2, 0) is 21.4 Å². The molecule has 29 heavy (non-hydrogen) atoms. The topological polar surface area (TPSA) is 116 Å². The monoisotopic (exact) mass is 410 g/mol. The molecule has 148 valence electrons. The number of anilines is 1. The van der Waals surface area contributed by atoms with Crippen LogP contribution in [0.15, 0.2) is 83.8 Å². The number of benzene rings is 3. The first-order valence-corrected chi connectivity index (χ1v) is 10.1. The number of esters is 1. The van der Waals surface area contributed by atoms with E-state index in [1.54, 1.807) is 54.6 Å². The quantitative estimate of drug-likeness (QED) is 0.581. The molecule has 8 heteroatoms. The summed E-state index contributed by atoms with van der Waals surface area (Å²) in [6.45, 7) is -0.0461. The fourth-order valence-electron chi connectivity index (χ4n) is 2.54. The van der Waals surface area contributed by atoms with Crippen molar-refractivity contribution in [2.75, 3.05) is 4.72 Å².